The average Bonchev–Trinajstić information content (AvgIpc) is 2.47. The average molecular weight is 300 g/mol. The number of ether oxygens (including phenoxy) is 1. The van der Waals surface area contributed by atoms with Gasteiger partial charge in [0.25, 0.3) is 0 Å². The lowest BCUT2D eigenvalue weighted by atomic mass is 10.2. The van der Waals surface area contributed by atoms with Crippen LogP contribution in [0.4, 0.5) is 5.69 Å². The number of nitrogens with one attached hydrogen (secondary N) is 1. The Balaban J connectivity index is 2.19. The highest BCUT2D eigenvalue weighted by atomic mass is 32.2. The van der Waals surface area contributed by atoms with Crippen molar-refractivity contribution >= 4 is 15.7 Å². The van der Waals surface area contributed by atoms with E-state index >= 15 is 0 Å². The van der Waals surface area contributed by atoms with Crippen LogP contribution in [0.2, 0.25) is 0 Å². The van der Waals surface area contributed by atoms with Gasteiger partial charge in [-0.3, -0.25) is 0 Å². The first-order valence-electron chi connectivity index (χ1n) is 6.63. The quantitative estimate of drug-likeness (QED) is 0.811. The molecule has 7 heteroatoms. The molecule has 0 aromatic heterocycles. The van der Waals surface area contributed by atoms with E-state index in [0.717, 1.165) is 5.69 Å². The third-order valence-electron chi connectivity index (χ3n) is 3.25. The van der Waals surface area contributed by atoms with Crippen molar-refractivity contribution in [3.05, 3.63) is 24.3 Å². The van der Waals surface area contributed by atoms with Gasteiger partial charge in [0.15, 0.2) is 0 Å². The summed E-state index contributed by atoms with van der Waals surface area (Å²) in [6, 6.07) is 6.60. The van der Waals surface area contributed by atoms with E-state index in [1.54, 1.807) is 31.2 Å². The maximum absolute atomic E-state index is 11.9. The van der Waals surface area contributed by atoms with Gasteiger partial charge >= 0.3 is 0 Å². The molecule has 1 heterocycles. The zero-order chi connectivity index (χ0) is 14.6. The van der Waals surface area contributed by atoms with Crippen LogP contribution < -0.4 is 9.62 Å². The third kappa shape index (κ3) is 3.29. The Labute approximate surface area is 119 Å². The molecule has 2 N–H and O–H groups in total. The van der Waals surface area contributed by atoms with Crippen LogP contribution in [0.25, 0.3) is 0 Å². The predicted octanol–water partition coefficient (Wildman–Crippen LogP) is 0.182. The summed E-state index contributed by atoms with van der Waals surface area (Å²) in [7, 11) is -3.42. The fourth-order valence-electron chi connectivity index (χ4n) is 2.24. The number of rotatable bonds is 5. The first kappa shape index (κ1) is 15.2. The summed E-state index contributed by atoms with van der Waals surface area (Å²) in [5.74, 6) is 0. The Morgan fingerprint density at radius 3 is 2.70 bits per heavy atom. The Bertz CT molecular complexity index is 530. The number of sulfonamides is 1. The minimum Gasteiger partial charge on any atom is -0.394 e. The van der Waals surface area contributed by atoms with Crippen LogP contribution in [0, 0.1) is 0 Å². The van der Waals surface area contributed by atoms with E-state index < -0.39 is 10.0 Å². The number of aliphatic hydroxyl groups excluding tert-OH is 1. The fourth-order valence-corrected chi connectivity index (χ4v) is 3.28. The summed E-state index contributed by atoms with van der Waals surface area (Å²) in [5, 5.41) is 9.35. The van der Waals surface area contributed by atoms with E-state index in [0.29, 0.717) is 26.3 Å². The van der Waals surface area contributed by atoms with E-state index in [1.165, 1.54) is 0 Å². The fraction of sp³-hybridized carbons (Fsp3) is 0.538. The van der Waals surface area contributed by atoms with Crippen LogP contribution >= 0.6 is 0 Å². The van der Waals surface area contributed by atoms with Crippen LogP contribution in [0.3, 0.4) is 0 Å². The zero-order valence-corrected chi connectivity index (χ0v) is 12.3. The van der Waals surface area contributed by atoms with Crippen molar-refractivity contribution in [2.75, 3.05) is 37.8 Å². The summed E-state index contributed by atoms with van der Waals surface area (Å²) in [6.45, 7) is 3.88. The van der Waals surface area contributed by atoms with Gasteiger partial charge in [0, 0.05) is 18.8 Å². The number of benzene rings is 1. The molecule has 0 amide bonds. The minimum absolute atomic E-state index is 0.0113. The van der Waals surface area contributed by atoms with Crippen LogP contribution in [0.15, 0.2) is 29.2 Å². The Morgan fingerprint density at radius 2 is 2.10 bits per heavy atom. The van der Waals surface area contributed by atoms with Gasteiger partial charge in [0.1, 0.15) is 0 Å². The van der Waals surface area contributed by atoms with Gasteiger partial charge in [-0.15, -0.1) is 0 Å². The summed E-state index contributed by atoms with van der Waals surface area (Å²) in [4.78, 5) is 2.28. The van der Waals surface area contributed by atoms with Crippen LogP contribution in [0.5, 0.6) is 0 Å². The molecule has 1 aliphatic heterocycles. The highest BCUT2D eigenvalue weighted by Crippen LogP contribution is 2.21. The Morgan fingerprint density at radius 1 is 1.40 bits per heavy atom. The number of morpholine rings is 1. The molecule has 1 saturated heterocycles. The lowest BCUT2D eigenvalue weighted by Gasteiger charge is -2.36. The summed E-state index contributed by atoms with van der Waals surface area (Å²) < 4.78 is 31.5. The molecule has 0 bridgehead atoms. The summed E-state index contributed by atoms with van der Waals surface area (Å²) in [6.07, 6.45) is 0. The molecule has 2 rings (SSSR count). The Kier molecular flexibility index (Phi) is 4.98. The van der Waals surface area contributed by atoms with Gasteiger partial charge < -0.3 is 14.7 Å². The van der Waals surface area contributed by atoms with E-state index in [2.05, 4.69) is 4.72 Å². The largest absolute Gasteiger partial charge is 0.394 e. The topological polar surface area (TPSA) is 78.9 Å². The molecule has 1 aromatic carbocycles. The number of hydrogen-bond acceptors (Lipinski definition) is 5. The number of nitrogens with zero attached hydrogens (tertiary/aromatic N) is 1. The second-order valence-electron chi connectivity index (χ2n) is 4.60. The van der Waals surface area contributed by atoms with Gasteiger partial charge in [-0.25, -0.2) is 13.1 Å². The lowest BCUT2D eigenvalue weighted by Crippen LogP contribution is -2.47. The minimum atomic E-state index is -3.42. The van der Waals surface area contributed by atoms with Crippen molar-refractivity contribution < 1.29 is 18.3 Å². The molecule has 20 heavy (non-hydrogen) atoms. The van der Waals surface area contributed by atoms with Gasteiger partial charge in [-0.2, -0.15) is 0 Å². The van der Waals surface area contributed by atoms with Crippen LogP contribution in [-0.4, -0.2) is 52.5 Å². The van der Waals surface area contributed by atoms with Gasteiger partial charge in [-0.05, 0) is 24.3 Å². The van der Waals surface area contributed by atoms with Crippen molar-refractivity contribution in [1.82, 2.24) is 4.72 Å². The van der Waals surface area contributed by atoms with Crippen molar-refractivity contribution in [1.29, 1.82) is 0 Å². The maximum atomic E-state index is 11.9. The molecule has 0 radical (unpaired) electrons. The standard InChI is InChI=1S/C13H20N2O4S/c1-2-14-20(17,18)13-5-3-11(4-6-13)15-7-8-19-10-12(15)9-16/h3-6,12,14,16H,2,7-10H2,1H3. The highest BCUT2D eigenvalue weighted by molar-refractivity contribution is 7.89. The maximum Gasteiger partial charge on any atom is 0.240 e. The van der Waals surface area contributed by atoms with E-state index in [1.807, 2.05) is 4.90 Å². The second-order valence-corrected chi connectivity index (χ2v) is 6.37. The molecule has 0 spiro atoms. The number of hydrogen-bond donors (Lipinski definition) is 2. The molecular formula is C13H20N2O4S. The SMILES string of the molecule is CCNS(=O)(=O)c1ccc(N2CCOCC2CO)cc1. The third-order valence-corrected chi connectivity index (χ3v) is 4.81. The van der Waals surface area contributed by atoms with Crippen molar-refractivity contribution in [2.24, 2.45) is 0 Å². The predicted molar refractivity (Wildman–Crippen MR) is 76.3 cm³/mol. The number of anilines is 1. The van der Waals surface area contributed by atoms with Crippen molar-refractivity contribution in [3.8, 4) is 0 Å². The monoisotopic (exact) mass is 300 g/mol. The normalized spacial score (nSPS) is 20.1. The molecule has 1 atom stereocenters. The molecule has 1 aliphatic rings. The zero-order valence-electron chi connectivity index (χ0n) is 11.4. The van der Waals surface area contributed by atoms with E-state index in [9.17, 15) is 13.5 Å². The molecule has 1 aromatic rings. The Hall–Kier alpha value is -1.15. The van der Waals surface area contributed by atoms with Gasteiger partial charge in [-0.1, -0.05) is 6.92 Å². The van der Waals surface area contributed by atoms with E-state index in [4.69, 9.17) is 4.74 Å². The molecule has 112 valence electrons. The van der Waals surface area contributed by atoms with E-state index in [-0.39, 0.29) is 17.5 Å². The smallest absolute Gasteiger partial charge is 0.240 e. The number of aliphatic hydroxyl groups is 1. The van der Waals surface area contributed by atoms with Crippen molar-refractivity contribution in [3.63, 3.8) is 0 Å². The molecule has 0 aliphatic carbocycles. The van der Waals surface area contributed by atoms with Gasteiger partial charge in [0.05, 0.1) is 30.8 Å². The molecule has 0 saturated carbocycles. The lowest BCUT2D eigenvalue weighted by molar-refractivity contribution is 0.0727. The van der Waals surface area contributed by atoms with Crippen molar-refractivity contribution in [2.45, 2.75) is 17.9 Å². The van der Waals surface area contributed by atoms with Crippen LogP contribution in [0.1, 0.15) is 6.92 Å². The molecule has 1 fully saturated rings. The van der Waals surface area contributed by atoms with Crippen LogP contribution in [-0.2, 0) is 14.8 Å². The molecular weight excluding hydrogens is 280 g/mol. The summed E-state index contributed by atoms with van der Waals surface area (Å²) >= 11 is 0. The second kappa shape index (κ2) is 6.53. The molecule has 6 nitrogen and oxygen atoms in total. The summed E-state index contributed by atoms with van der Waals surface area (Å²) in [5.41, 5.74) is 0.891. The highest BCUT2D eigenvalue weighted by Gasteiger charge is 2.23. The first-order valence-corrected chi connectivity index (χ1v) is 8.11. The molecule has 1 unspecified atom stereocenters. The first-order chi connectivity index (χ1) is 9.58. The van der Waals surface area contributed by atoms with Gasteiger partial charge in [0.2, 0.25) is 10.0 Å².